The van der Waals surface area contributed by atoms with Gasteiger partial charge in [-0.15, -0.1) is 11.3 Å². The average molecular weight is 296 g/mol. The van der Waals surface area contributed by atoms with Gasteiger partial charge in [-0.05, 0) is 12.1 Å². The summed E-state index contributed by atoms with van der Waals surface area (Å²) in [5.74, 6) is 0. The Bertz CT molecular complexity index is 822. The maximum Gasteiger partial charge on any atom is 0.124 e. The van der Waals surface area contributed by atoms with Crippen molar-refractivity contribution in [1.29, 1.82) is 5.26 Å². The molecule has 0 bridgehead atoms. The molecule has 0 radical (unpaired) electrons. The number of benzene rings is 2. The van der Waals surface area contributed by atoms with Gasteiger partial charge in [-0.2, -0.15) is 5.26 Å². The minimum atomic E-state index is -0.215. The molecule has 21 heavy (non-hydrogen) atoms. The van der Waals surface area contributed by atoms with Crippen molar-refractivity contribution in [2.24, 2.45) is 0 Å². The summed E-state index contributed by atoms with van der Waals surface area (Å²) in [5.41, 5.74) is 2.08. The summed E-state index contributed by atoms with van der Waals surface area (Å²) in [7, 11) is 0. The zero-order valence-electron chi connectivity index (χ0n) is 10.9. The van der Waals surface area contributed by atoms with Crippen molar-refractivity contribution in [2.75, 3.05) is 5.23 Å². The van der Waals surface area contributed by atoms with Gasteiger partial charge in [0.15, 0.2) is 0 Å². The molecule has 3 rings (SSSR count). The van der Waals surface area contributed by atoms with E-state index in [1.807, 2.05) is 36.4 Å². The number of thiazole rings is 1. The van der Waals surface area contributed by atoms with Crippen molar-refractivity contribution in [3.05, 3.63) is 53.2 Å². The van der Waals surface area contributed by atoms with Crippen LogP contribution in [-0.4, -0.2) is 10.2 Å². The standard InChI is InChI=1S/C15H10N3O2S/c16-9-8-11-12(18(19)20)6-7-13-14(11)17-15(21-13)10-4-2-1-3-5-10/h1-7,19H,8H2/q-1. The molecule has 0 spiro atoms. The highest BCUT2D eigenvalue weighted by Crippen LogP contribution is 2.35. The zero-order chi connectivity index (χ0) is 14.8. The first-order valence-corrected chi connectivity index (χ1v) is 7.03. The molecular formula is C15H10N3O2S-. The molecule has 0 saturated heterocycles. The molecule has 1 heterocycles. The van der Waals surface area contributed by atoms with Gasteiger partial charge in [0.25, 0.3) is 0 Å². The first-order valence-electron chi connectivity index (χ1n) is 6.21. The predicted molar refractivity (Wildman–Crippen MR) is 82.0 cm³/mol. The maximum atomic E-state index is 11.2. The summed E-state index contributed by atoms with van der Waals surface area (Å²) < 4.78 is 0.879. The van der Waals surface area contributed by atoms with E-state index >= 15 is 0 Å². The molecule has 0 saturated carbocycles. The van der Waals surface area contributed by atoms with Crippen LogP contribution in [-0.2, 0) is 6.42 Å². The third-order valence-corrected chi connectivity index (χ3v) is 4.19. The van der Waals surface area contributed by atoms with Gasteiger partial charge in [0.1, 0.15) is 5.01 Å². The fourth-order valence-electron chi connectivity index (χ4n) is 2.17. The van der Waals surface area contributed by atoms with Gasteiger partial charge in [-0.3, -0.25) is 5.21 Å². The second-order valence-electron chi connectivity index (χ2n) is 4.40. The van der Waals surface area contributed by atoms with E-state index in [0.29, 0.717) is 11.1 Å². The van der Waals surface area contributed by atoms with Crippen LogP contribution in [0.4, 0.5) is 5.69 Å². The van der Waals surface area contributed by atoms with Gasteiger partial charge in [-0.25, -0.2) is 4.98 Å². The van der Waals surface area contributed by atoms with Gasteiger partial charge >= 0.3 is 0 Å². The lowest BCUT2D eigenvalue weighted by Crippen LogP contribution is -2.10. The maximum absolute atomic E-state index is 11.2. The van der Waals surface area contributed by atoms with Gasteiger partial charge in [-0.1, -0.05) is 30.3 Å². The van der Waals surface area contributed by atoms with Crippen molar-refractivity contribution in [1.82, 2.24) is 4.98 Å². The smallest absolute Gasteiger partial charge is 0.124 e. The number of fused-ring (bicyclic) bond motifs is 1. The van der Waals surface area contributed by atoms with Gasteiger partial charge in [0.05, 0.1) is 28.4 Å². The quantitative estimate of drug-likeness (QED) is 0.745. The van der Waals surface area contributed by atoms with Crippen molar-refractivity contribution in [3.8, 4) is 16.6 Å². The Kier molecular flexibility index (Phi) is 3.54. The molecule has 5 nitrogen and oxygen atoms in total. The van der Waals surface area contributed by atoms with E-state index in [4.69, 9.17) is 10.5 Å². The Morgan fingerprint density at radius 3 is 2.67 bits per heavy atom. The van der Waals surface area contributed by atoms with Crippen LogP contribution in [0.3, 0.4) is 0 Å². The van der Waals surface area contributed by atoms with Crippen LogP contribution in [0, 0.1) is 16.5 Å². The molecule has 1 N–H and O–H groups in total. The number of nitriles is 1. The van der Waals surface area contributed by atoms with E-state index < -0.39 is 0 Å². The number of anilines is 1. The molecule has 3 aromatic rings. The molecule has 6 heteroatoms. The molecule has 104 valence electrons. The van der Waals surface area contributed by atoms with Crippen LogP contribution in [0.25, 0.3) is 20.8 Å². The molecule has 0 unspecified atom stereocenters. The second kappa shape index (κ2) is 5.50. The Labute approximate surface area is 124 Å². The van der Waals surface area contributed by atoms with E-state index in [1.165, 1.54) is 17.4 Å². The molecule has 0 aliphatic rings. The monoisotopic (exact) mass is 296 g/mol. The molecule has 1 aromatic heterocycles. The summed E-state index contributed by atoms with van der Waals surface area (Å²) in [6, 6.07) is 14.9. The van der Waals surface area contributed by atoms with Gasteiger partial charge < -0.3 is 10.4 Å². The van der Waals surface area contributed by atoms with Crippen LogP contribution in [0.5, 0.6) is 0 Å². The first kappa shape index (κ1) is 13.5. The van der Waals surface area contributed by atoms with Gasteiger partial charge in [0.2, 0.25) is 0 Å². The lowest BCUT2D eigenvalue weighted by Gasteiger charge is -2.23. The average Bonchev–Trinajstić information content (AvgIpc) is 2.93. The SMILES string of the molecule is N#CCc1c(N([O-])O)ccc2sc(-c3ccccc3)nc12. The lowest BCUT2D eigenvalue weighted by molar-refractivity contribution is 0.296. The highest BCUT2D eigenvalue weighted by atomic mass is 32.1. The molecule has 0 amide bonds. The summed E-state index contributed by atoms with van der Waals surface area (Å²) in [6.45, 7) is 0. The van der Waals surface area contributed by atoms with Crippen molar-refractivity contribution in [2.45, 2.75) is 6.42 Å². The Balaban J connectivity index is 2.22. The summed E-state index contributed by atoms with van der Waals surface area (Å²) in [4.78, 5) is 4.54. The van der Waals surface area contributed by atoms with Crippen LogP contribution >= 0.6 is 11.3 Å². The zero-order valence-corrected chi connectivity index (χ0v) is 11.7. The largest absolute Gasteiger partial charge is 0.733 e. The van der Waals surface area contributed by atoms with E-state index in [9.17, 15) is 5.21 Å². The van der Waals surface area contributed by atoms with Crippen molar-refractivity contribution >= 4 is 27.2 Å². The van der Waals surface area contributed by atoms with E-state index in [-0.39, 0.29) is 17.3 Å². The fourth-order valence-corrected chi connectivity index (χ4v) is 3.18. The Hall–Kier alpha value is -2.46. The fraction of sp³-hybridized carbons (Fsp3) is 0.0667. The number of rotatable bonds is 3. The Morgan fingerprint density at radius 2 is 2.00 bits per heavy atom. The summed E-state index contributed by atoms with van der Waals surface area (Å²) in [5, 5.41) is 29.9. The Morgan fingerprint density at radius 1 is 1.24 bits per heavy atom. The molecule has 0 aliphatic carbocycles. The van der Waals surface area contributed by atoms with E-state index in [2.05, 4.69) is 4.98 Å². The van der Waals surface area contributed by atoms with Crippen LogP contribution in [0.2, 0.25) is 0 Å². The highest BCUT2D eigenvalue weighted by molar-refractivity contribution is 7.21. The van der Waals surface area contributed by atoms with E-state index in [0.717, 1.165) is 15.3 Å². The van der Waals surface area contributed by atoms with Crippen LogP contribution < -0.4 is 5.23 Å². The van der Waals surface area contributed by atoms with Crippen molar-refractivity contribution < 1.29 is 5.21 Å². The van der Waals surface area contributed by atoms with Crippen molar-refractivity contribution in [3.63, 3.8) is 0 Å². The summed E-state index contributed by atoms with van der Waals surface area (Å²) in [6.07, 6.45) is 0.0178. The molecule has 2 aromatic carbocycles. The molecule has 0 fully saturated rings. The van der Waals surface area contributed by atoms with Crippen LogP contribution in [0.1, 0.15) is 5.56 Å². The molecular weight excluding hydrogens is 286 g/mol. The first-order chi connectivity index (χ1) is 10.2. The minimum absolute atomic E-state index is 0.0178. The number of hydrogen-bond donors (Lipinski definition) is 1. The third-order valence-electron chi connectivity index (χ3n) is 3.12. The number of hydrogen-bond acceptors (Lipinski definition) is 6. The topological polar surface area (TPSA) is 83.2 Å². The second-order valence-corrected chi connectivity index (χ2v) is 5.43. The number of aromatic nitrogens is 1. The van der Waals surface area contributed by atoms with Crippen LogP contribution in [0.15, 0.2) is 42.5 Å². The number of nitrogens with zero attached hydrogens (tertiary/aromatic N) is 3. The molecule has 0 aliphatic heterocycles. The predicted octanol–water partition coefficient (Wildman–Crippen LogP) is 3.72. The molecule has 0 atom stereocenters. The van der Waals surface area contributed by atoms with E-state index in [1.54, 1.807) is 6.07 Å². The van der Waals surface area contributed by atoms with Gasteiger partial charge in [0, 0.05) is 11.1 Å². The lowest BCUT2D eigenvalue weighted by atomic mass is 10.1. The minimum Gasteiger partial charge on any atom is -0.733 e. The normalized spacial score (nSPS) is 10.5. The summed E-state index contributed by atoms with van der Waals surface area (Å²) >= 11 is 1.49. The third kappa shape index (κ3) is 2.45. The highest BCUT2D eigenvalue weighted by Gasteiger charge is 2.14.